The summed E-state index contributed by atoms with van der Waals surface area (Å²) in [6.07, 6.45) is 0. The maximum atomic E-state index is 5.27. The Kier molecular flexibility index (Phi) is 23.9. The molecule has 0 atom stereocenters. The molecule has 150 heavy (non-hydrogen) atoms. The van der Waals surface area contributed by atoms with E-state index < -0.39 is 0 Å². The van der Waals surface area contributed by atoms with E-state index in [1.54, 1.807) is 22.7 Å². The summed E-state index contributed by atoms with van der Waals surface area (Å²) in [5, 5.41) is 15.7. The lowest BCUT2D eigenvalue weighted by Gasteiger charge is -2.27. The molecule has 22 heteroatoms. The van der Waals surface area contributed by atoms with Crippen LogP contribution in [0.15, 0.2) is 520 Å². The number of rotatable bonds is 18. The molecule has 0 aliphatic carbocycles. The van der Waals surface area contributed by atoms with Gasteiger partial charge in [-0.3, -0.25) is 37.5 Å². The SMILES string of the molecule is c1ccc(-c2nc(-c3ccccc3)nc(-n3c4ccccc4c4ccccc43)n2)cc1.c1ccc(N(c2ccccc2)c2nc(-n3c4ccccc4c4ccccc43)nc(-n3c4ccccc4c4ccccc43)n2)cc1.c1ccc(N(c2ccccc2)c2nc(N(c3ccccc3)c3ccccc3)nc(-n3c4ccccc4c4ccccc43)n2)cc1.c1csc(-c2nc(-c3cccs3)nc(-n3c4ccccc4c4ccccc43)n2)c1. The van der Waals surface area contributed by atoms with E-state index in [4.69, 9.17) is 59.8 Å². The molecule has 20 nitrogen and oxygen atoms in total. The molecule has 710 valence electrons. The number of anilines is 9. The van der Waals surface area contributed by atoms with Gasteiger partial charge in [-0.1, -0.05) is 364 Å². The number of nitrogens with zero attached hydrogens (tertiary/aromatic N) is 20. The Hall–Kier alpha value is -20.2. The van der Waals surface area contributed by atoms with Crippen molar-refractivity contribution in [1.29, 1.82) is 0 Å². The molecule has 0 fully saturated rings. The predicted octanol–water partition coefficient (Wildman–Crippen LogP) is 32.2. The number of fused-ring (bicyclic) bond motifs is 15. The third-order valence-corrected chi connectivity index (χ3v) is 28.3. The quantitative estimate of drug-likeness (QED) is 0.0788. The Morgan fingerprint density at radius 3 is 0.527 bits per heavy atom. The van der Waals surface area contributed by atoms with Crippen molar-refractivity contribution in [3.63, 3.8) is 0 Å². The van der Waals surface area contributed by atoms with Crippen LogP contribution in [0.1, 0.15) is 0 Å². The molecule has 0 spiro atoms. The number of benzene rings is 18. The van der Waals surface area contributed by atoms with E-state index in [1.807, 2.05) is 205 Å². The molecule has 29 rings (SSSR count). The molecule has 0 saturated carbocycles. The highest BCUT2D eigenvalue weighted by Crippen LogP contribution is 2.44. The van der Waals surface area contributed by atoms with Crippen molar-refractivity contribution in [1.82, 2.24) is 82.6 Å². The summed E-state index contributed by atoms with van der Waals surface area (Å²) in [6.45, 7) is 0. The molecule has 0 radical (unpaired) electrons. The minimum atomic E-state index is 0.506. The van der Waals surface area contributed by atoms with Gasteiger partial charge in [-0.15, -0.1) is 22.7 Å². The van der Waals surface area contributed by atoms with Gasteiger partial charge < -0.3 is 0 Å². The van der Waals surface area contributed by atoms with Crippen LogP contribution < -0.4 is 14.7 Å². The van der Waals surface area contributed by atoms with Gasteiger partial charge in [0.15, 0.2) is 23.3 Å². The van der Waals surface area contributed by atoms with Crippen molar-refractivity contribution in [3.05, 3.63) is 520 Å². The van der Waals surface area contributed by atoms with Gasteiger partial charge in [0.1, 0.15) is 0 Å². The third kappa shape index (κ3) is 17.0. The summed E-state index contributed by atoms with van der Waals surface area (Å²) in [7, 11) is 0. The second-order valence-corrected chi connectivity index (χ2v) is 37.5. The summed E-state index contributed by atoms with van der Waals surface area (Å²) < 4.78 is 10.7. The van der Waals surface area contributed by atoms with Crippen molar-refractivity contribution >= 4 is 184 Å². The zero-order valence-corrected chi connectivity index (χ0v) is 82.0. The van der Waals surface area contributed by atoms with Gasteiger partial charge in [0.25, 0.3) is 0 Å². The average molecular weight is 1970 g/mol. The fourth-order valence-corrected chi connectivity index (χ4v) is 21.3. The number of para-hydroxylation sites is 16. The highest BCUT2D eigenvalue weighted by atomic mass is 32.1. The molecule has 29 aromatic rings. The van der Waals surface area contributed by atoms with Gasteiger partial charge in [-0.25, -0.2) is 9.97 Å². The van der Waals surface area contributed by atoms with Gasteiger partial charge in [0.05, 0.1) is 64.9 Å². The zero-order valence-electron chi connectivity index (χ0n) is 80.4. The Labute approximate surface area is 869 Å². The van der Waals surface area contributed by atoms with E-state index in [2.05, 4.69) is 353 Å². The lowest BCUT2D eigenvalue weighted by molar-refractivity contribution is 0.878. The minimum absolute atomic E-state index is 0.506. The monoisotopic (exact) mass is 1970 g/mol. The first-order valence-corrected chi connectivity index (χ1v) is 51.1. The molecule has 0 aliphatic rings. The Bertz CT molecular complexity index is 9200. The summed E-state index contributed by atoms with van der Waals surface area (Å²) in [6, 6.07) is 174. The zero-order chi connectivity index (χ0) is 99.6. The number of hydrogen-bond acceptors (Lipinski definition) is 17. The molecule has 0 bridgehead atoms. The van der Waals surface area contributed by atoms with E-state index in [0.29, 0.717) is 70.9 Å². The van der Waals surface area contributed by atoms with Crippen molar-refractivity contribution < 1.29 is 0 Å². The van der Waals surface area contributed by atoms with E-state index in [9.17, 15) is 0 Å². The average Bonchev–Trinajstić information content (AvgIpc) is 1.58. The van der Waals surface area contributed by atoms with Gasteiger partial charge in [0, 0.05) is 99.1 Å². The predicted molar refractivity (Wildman–Crippen MR) is 613 cm³/mol. The van der Waals surface area contributed by atoms with Crippen LogP contribution in [0.2, 0.25) is 0 Å². The topological polar surface area (TPSA) is 189 Å². The molecule has 18 aromatic carbocycles. The second kappa shape index (κ2) is 39.8. The fourth-order valence-electron chi connectivity index (χ4n) is 20.0. The van der Waals surface area contributed by atoms with Crippen LogP contribution in [0.5, 0.6) is 0 Å². The van der Waals surface area contributed by atoms with Crippen molar-refractivity contribution in [2.45, 2.75) is 0 Å². The van der Waals surface area contributed by atoms with Crippen molar-refractivity contribution in [2.24, 2.45) is 0 Å². The first-order valence-electron chi connectivity index (χ1n) is 49.3. The van der Waals surface area contributed by atoms with Gasteiger partial charge >= 0.3 is 0 Å². The number of thiophene rings is 2. The van der Waals surface area contributed by atoms with Crippen LogP contribution in [0.25, 0.3) is 183 Å². The molecule has 0 aliphatic heterocycles. The third-order valence-electron chi connectivity index (χ3n) is 26.6. The highest BCUT2D eigenvalue weighted by molar-refractivity contribution is 7.13. The number of hydrogen-bond donors (Lipinski definition) is 0. The lowest BCUT2D eigenvalue weighted by Crippen LogP contribution is -2.20. The van der Waals surface area contributed by atoms with Gasteiger partial charge in [-0.05, 0) is 156 Å². The summed E-state index contributed by atoms with van der Waals surface area (Å²) >= 11 is 3.27. The largest absolute Gasteiger partial charge is 0.279 e. The molecule has 0 N–H and O–H groups in total. The smallest absolute Gasteiger partial charge is 0.241 e. The fraction of sp³-hybridized carbons (Fsp3) is 0. The molecule has 0 amide bonds. The normalized spacial score (nSPS) is 11.3. The van der Waals surface area contributed by atoms with Crippen LogP contribution >= 0.6 is 22.7 Å². The van der Waals surface area contributed by atoms with Crippen LogP contribution in [-0.4, -0.2) is 82.6 Å². The first-order chi connectivity index (χ1) is 74.5. The Balaban J connectivity index is 0.000000103. The van der Waals surface area contributed by atoms with Crippen molar-refractivity contribution in [3.8, 4) is 73.9 Å². The molecule has 11 aromatic heterocycles. The van der Waals surface area contributed by atoms with E-state index in [1.165, 1.54) is 21.5 Å². The standard InChI is InChI=1S/C39H26N6.C39H28N6.C27H18N4.C23H14N4S2/c1-3-15-27(16-4-1)43(28-17-5-2-6-18-28)37-40-38(44-33-23-11-7-19-29(33)30-20-8-12-24-34(30)44)42-39(41-37)45-35-25-13-9-21-31(35)32-22-10-14-26-36(32)45;1-5-17-29(18-6-1)43(30-19-7-2-8-20-30)37-40-38(44(31-21-9-3-10-22-31)32-23-11-4-12-24-32)42-39(41-37)45-35-27-15-13-25-33(35)34-26-14-16-28-36(34)45;1-3-11-19(12-4-1)25-28-26(20-13-5-2-6-14-20)30-27(29-25)31-23-17-9-7-15-21(23)22-16-8-10-18-24(22)31;1-3-9-17-15(7-1)16-8-2-4-10-18(16)27(17)23-25-21(19-11-5-13-28-19)24-22(26-23)20-12-6-14-29-20/h1-26H;1-28H;1-18H;1-14H. The van der Waals surface area contributed by atoms with E-state index in [0.717, 1.165) is 142 Å². The summed E-state index contributed by atoms with van der Waals surface area (Å²) in [5.74, 6) is 7.14. The second-order valence-electron chi connectivity index (χ2n) is 35.6. The Morgan fingerprint density at radius 1 is 0.140 bits per heavy atom. The summed E-state index contributed by atoms with van der Waals surface area (Å²) in [5.41, 5.74) is 18.2. The summed E-state index contributed by atoms with van der Waals surface area (Å²) in [4.78, 5) is 69.0. The van der Waals surface area contributed by atoms with Gasteiger partial charge in [-0.2, -0.15) is 49.8 Å². The van der Waals surface area contributed by atoms with E-state index >= 15 is 0 Å². The minimum Gasteiger partial charge on any atom is -0.279 e. The molecule has 0 unspecified atom stereocenters. The first kappa shape index (κ1) is 89.9. The highest BCUT2D eigenvalue weighted by Gasteiger charge is 2.30. The van der Waals surface area contributed by atoms with Crippen LogP contribution in [0.4, 0.5) is 52.0 Å². The Morgan fingerprint density at radius 2 is 0.313 bits per heavy atom. The number of aromatic nitrogens is 17. The van der Waals surface area contributed by atoms with Gasteiger partial charge in [0.2, 0.25) is 47.6 Å². The maximum Gasteiger partial charge on any atom is 0.241 e. The molecular formula is C128H86N20S2. The van der Waals surface area contributed by atoms with Crippen molar-refractivity contribution in [2.75, 3.05) is 14.7 Å². The van der Waals surface area contributed by atoms with Crippen LogP contribution in [-0.2, 0) is 0 Å². The van der Waals surface area contributed by atoms with E-state index in [-0.39, 0.29) is 0 Å². The van der Waals surface area contributed by atoms with Crippen LogP contribution in [0, 0.1) is 0 Å². The molecule has 0 saturated heterocycles. The maximum absolute atomic E-state index is 5.27. The lowest BCUT2D eigenvalue weighted by atomic mass is 10.2. The van der Waals surface area contributed by atoms with Crippen LogP contribution in [0.3, 0.4) is 0 Å². The molecular weight excluding hydrogens is 1880 g/mol. The molecule has 11 heterocycles.